The molecule has 9 heteroatoms. The SMILES string of the molecule is Cn1nnc(-c2ccc(C(=O)NC3CCC(Sc4ncccn4)CC3)cc2)n1. The van der Waals surface area contributed by atoms with Gasteiger partial charge in [0.25, 0.3) is 5.91 Å². The van der Waals surface area contributed by atoms with Crippen LogP contribution in [0.1, 0.15) is 36.0 Å². The molecule has 0 atom stereocenters. The van der Waals surface area contributed by atoms with Gasteiger partial charge >= 0.3 is 0 Å². The van der Waals surface area contributed by atoms with Crippen molar-refractivity contribution >= 4 is 17.7 Å². The van der Waals surface area contributed by atoms with Crippen LogP contribution in [0.5, 0.6) is 0 Å². The van der Waals surface area contributed by atoms with Crippen LogP contribution in [0.2, 0.25) is 0 Å². The topological polar surface area (TPSA) is 98.5 Å². The van der Waals surface area contributed by atoms with E-state index in [1.807, 2.05) is 18.2 Å². The van der Waals surface area contributed by atoms with Gasteiger partial charge in [0.1, 0.15) is 0 Å². The number of carbonyl (C=O) groups is 1. The molecule has 4 rings (SSSR count). The molecule has 1 aliphatic rings. The van der Waals surface area contributed by atoms with Gasteiger partial charge in [0.05, 0.1) is 7.05 Å². The van der Waals surface area contributed by atoms with Crippen molar-refractivity contribution in [3.63, 3.8) is 0 Å². The van der Waals surface area contributed by atoms with Crippen molar-refractivity contribution in [1.29, 1.82) is 0 Å². The molecule has 8 nitrogen and oxygen atoms in total. The molecular formula is C19H21N7OS. The first-order chi connectivity index (χ1) is 13.7. The summed E-state index contributed by atoms with van der Waals surface area (Å²) in [7, 11) is 1.72. The minimum absolute atomic E-state index is 0.0406. The number of nitrogens with one attached hydrogen (secondary N) is 1. The molecular weight excluding hydrogens is 374 g/mol. The summed E-state index contributed by atoms with van der Waals surface area (Å²) >= 11 is 1.73. The Labute approximate surface area is 167 Å². The van der Waals surface area contributed by atoms with Crippen LogP contribution >= 0.6 is 11.8 Å². The monoisotopic (exact) mass is 395 g/mol. The van der Waals surface area contributed by atoms with Crippen molar-refractivity contribution in [2.75, 3.05) is 0 Å². The number of hydrogen-bond donors (Lipinski definition) is 1. The molecule has 144 valence electrons. The zero-order chi connectivity index (χ0) is 19.3. The Kier molecular flexibility index (Phi) is 5.61. The fourth-order valence-corrected chi connectivity index (χ4v) is 4.31. The van der Waals surface area contributed by atoms with Crippen molar-refractivity contribution in [2.45, 2.75) is 42.1 Å². The van der Waals surface area contributed by atoms with Crippen LogP contribution in [0, 0.1) is 0 Å². The molecule has 2 aromatic heterocycles. The van der Waals surface area contributed by atoms with Crippen molar-refractivity contribution < 1.29 is 4.79 Å². The van der Waals surface area contributed by atoms with Crippen LogP contribution in [-0.2, 0) is 7.05 Å². The van der Waals surface area contributed by atoms with Gasteiger partial charge in [0, 0.05) is 34.8 Å². The van der Waals surface area contributed by atoms with E-state index in [0.717, 1.165) is 36.4 Å². The smallest absolute Gasteiger partial charge is 0.251 e. The number of aryl methyl sites for hydroxylation is 1. The Bertz CT molecular complexity index is 921. The van der Waals surface area contributed by atoms with Crippen molar-refractivity contribution in [3.8, 4) is 11.4 Å². The van der Waals surface area contributed by atoms with E-state index in [2.05, 4.69) is 30.7 Å². The molecule has 0 saturated heterocycles. The van der Waals surface area contributed by atoms with Crippen molar-refractivity contribution in [1.82, 2.24) is 35.5 Å². The third-order valence-corrected chi connectivity index (χ3v) is 5.96. The minimum atomic E-state index is -0.0406. The molecule has 0 radical (unpaired) electrons. The van der Waals surface area contributed by atoms with Gasteiger partial charge in [-0.15, -0.1) is 10.2 Å². The average molecular weight is 395 g/mol. The van der Waals surface area contributed by atoms with Crippen LogP contribution in [0.4, 0.5) is 0 Å². The summed E-state index contributed by atoms with van der Waals surface area (Å²) in [4.78, 5) is 22.5. The first-order valence-electron chi connectivity index (χ1n) is 9.26. The Morgan fingerprint density at radius 2 is 1.82 bits per heavy atom. The number of amides is 1. The number of thioether (sulfide) groups is 1. The number of hydrogen-bond acceptors (Lipinski definition) is 7. The van der Waals surface area contributed by atoms with Gasteiger partial charge in [0.2, 0.25) is 5.82 Å². The van der Waals surface area contributed by atoms with Gasteiger partial charge in [-0.05, 0) is 49.1 Å². The lowest BCUT2D eigenvalue weighted by Gasteiger charge is -2.28. The Morgan fingerprint density at radius 1 is 1.11 bits per heavy atom. The molecule has 1 aromatic carbocycles. The number of aromatic nitrogens is 6. The van der Waals surface area contributed by atoms with E-state index < -0.39 is 0 Å². The highest BCUT2D eigenvalue weighted by atomic mass is 32.2. The van der Waals surface area contributed by atoms with E-state index in [9.17, 15) is 4.79 Å². The number of benzene rings is 1. The highest BCUT2D eigenvalue weighted by Crippen LogP contribution is 2.31. The summed E-state index contributed by atoms with van der Waals surface area (Å²) in [6.45, 7) is 0. The summed E-state index contributed by atoms with van der Waals surface area (Å²) in [5.41, 5.74) is 1.48. The first kappa shape index (κ1) is 18.5. The molecule has 0 aliphatic heterocycles. The Hall–Kier alpha value is -2.81. The lowest BCUT2D eigenvalue weighted by molar-refractivity contribution is 0.0928. The van der Waals surface area contributed by atoms with E-state index in [4.69, 9.17) is 0 Å². The van der Waals surface area contributed by atoms with Crippen LogP contribution in [0.3, 0.4) is 0 Å². The van der Waals surface area contributed by atoms with Gasteiger partial charge in [-0.2, -0.15) is 4.80 Å². The van der Waals surface area contributed by atoms with Gasteiger partial charge in [-0.1, -0.05) is 23.9 Å². The van der Waals surface area contributed by atoms with Gasteiger partial charge < -0.3 is 5.32 Å². The Balaban J connectivity index is 1.28. The number of rotatable bonds is 5. The maximum atomic E-state index is 12.6. The molecule has 2 heterocycles. The quantitative estimate of drug-likeness (QED) is 0.663. The van der Waals surface area contributed by atoms with Crippen molar-refractivity contribution in [2.24, 2.45) is 7.05 Å². The van der Waals surface area contributed by atoms with E-state index >= 15 is 0 Å². The molecule has 1 N–H and O–H groups in total. The Morgan fingerprint density at radius 3 is 2.46 bits per heavy atom. The molecule has 1 aliphatic carbocycles. The largest absolute Gasteiger partial charge is 0.349 e. The molecule has 0 spiro atoms. The lowest BCUT2D eigenvalue weighted by Crippen LogP contribution is -2.38. The predicted octanol–water partition coefficient (Wildman–Crippen LogP) is 2.50. The first-order valence-corrected chi connectivity index (χ1v) is 10.1. The maximum absolute atomic E-state index is 12.6. The van der Waals surface area contributed by atoms with Crippen LogP contribution < -0.4 is 5.32 Å². The number of nitrogens with zero attached hydrogens (tertiary/aromatic N) is 6. The molecule has 1 fully saturated rings. The van der Waals surface area contributed by atoms with Gasteiger partial charge in [-0.25, -0.2) is 9.97 Å². The highest BCUT2D eigenvalue weighted by molar-refractivity contribution is 7.99. The predicted molar refractivity (Wildman–Crippen MR) is 106 cm³/mol. The van der Waals surface area contributed by atoms with Crippen LogP contribution in [-0.4, -0.2) is 47.4 Å². The average Bonchev–Trinajstić information content (AvgIpc) is 3.17. The van der Waals surface area contributed by atoms with Crippen molar-refractivity contribution in [3.05, 3.63) is 48.3 Å². The summed E-state index contributed by atoms with van der Waals surface area (Å²) in [6.07, 6.45) is 7.58. The molecule has 28 heavy (non-hydrogen) atoms. The fourth-order valence-electron chi connectivity index (χ4n) is 3.26. The summed E-state index contributed by atoms with van der Waals surface area (Å²) in [5.74, 6) is 0.508. The normalized spacial score (nSPS) is 19.3. The zero-order valence-electron chi connectivity index (χ0n) is 15.5. The van der Waals surface area contributed by atoms with E-state index in [1.54, 1.807) is 43.3 Å². The van der Waals surface area contributed by atoms with Gasteiger partial charge in [-0.3, -0.25) is 4.79 Å². The molecule has 1 saturated carbocycles. The fraction of sp³-hybridized carbons (Fsp3) is 0.368. The standard InChI is InChI=1S/C19H21N7OS/c1-26-24-17(23-25-26)13-3-5-14(6-4-13)18(27)22-15-7-9-16(10-8-15)28-19-20-11-2-12-21-19/h2-6,11-12,15-16H,7-10H2,1H3,(H,22,27). The number of carbonyl (C=O) groups excluding carboxylic acids is 1. The molecule has 0 bridgehead atoms. The van der Waals surface area contributed by atoms with Gasteiger partial charge in [0.15, 0.2) is 5.16 Å². The molecule has 3 aromatic rings. The third kappa shape index (κ3) is 4.53. The van der Waals surface area contributed by atoms with Crippen LogP contribution in [0.25, 0.3) is 11.4 Å². The second-order valence-corrected chi connectivity index (χ2v) is 8.04. The summed E-state index contributed by atoms with van der Waals surface area (Å²) in [6, 6.07) is 9.33. The minimum Gasteiger partial charge on any atom is -0.349 e. The third-order valence-electron chi connectivity index (χ3n) is 4.74. The van der Waals surface area contributed by atoms with E-state index in [0.29, 0.717) is 16.6 Å². The zero-order valence-corrected chi connectivity index (χ0v) is 16.3. The molecule has 1 amide bonds. The van der Waals surface area contributed by atoms with E-state index in [1.165, 1.54) is 4.80 Å². The number of tetrazole rings is 1. The highest BCUT2D eigenvalue weighted by Gasteiger charge is 2.24. The summed E-state index contributed by atoms with van der Waals surface area (Å²) in [5, 5.41) is 16.5. The van der Waals surface area contributed by atoms with Crippen LogP contribution in [0.15, 0.2) is 47.9 Å². The summed E-state index contributed by atoms with van der Waals surface area (Å²) < 4.78 is 0. The van der Waals surface area contributed by atoms with E-state index in [-0.39, 0.29) is 11.9 Å². The second-order valence-electron chi connectivity index (χ2n) is 6.78. The maximum Gasteiger partial charge on any atom is 0.251 e. The second kappa shape index (κ2) is 8.47. The molecule has 0 unspecified atom stereocenters. The lowest BCUT2D eigenvalue weighted by atomic mass is 9.94.